The van der Waals surface area contributed by atoms with Crippen LogP contribution in [-0.2, 0) is 18.3 Å². The first-order chi connectivity index (χ1) is 12.1. The molecule has 0 bridgehead atoms. The standard InChI is InChI=1S/C19H31N5O/c1-5-20-18(21-11-15-12(2)23-24(4)13(15)3)22-16-14-7-10-25-17(14)19(16)8-6-9-19/h14,16-17H,5-11H2,1-4H3,(H2,20,21,22). The number of ether oxygens (including phenoxy) is 1. The Balaban J connectivity index is 1.49. The summed E-state index contributed by atoms with van der Waals surface area (Å²) in [5, 5.41) is 11.7. The molecule has 4 rings (SSSR count). The first-order valence-electron chi connectivity index (χ1n) is 9.72. The highest BCUT2D eigenvalue weighted by molar-refractivity contribution is 5.80. The van der Waals surface area contributed by atoms with Crippen molar-refractivity contribution in [3.8, 4) is 0 Å². The Morgan fingerprint density at radius 3 is 2.80 bits per heavy atom. The van der Waals surface area contributed by atoms with E-state index < -0.39 is 0 Å². The molecule has 6 heteroatoms. The second-order valence-corrected chi connectivity index (χ2v) is 7.92. The molecule has 0 aromatic carbocycles. The fourth-order valence-corrected chi connectivity index (χ4v) is 5.13. The Kier molecular flexibility index (Phi) is 4.26. The molecule has 3 fully saturated rings. The van der Waals surface area contributed by atoms with Crippen LogP contribution in [0.1, 0.15) is 49.6 Å². The molecule has 3 aliphatic rings. The molecule has 0 radical (unpaired) electrons. The lowest BCUT2D eigenvalue weighted by molar-refractivity contribution is -0.171. The van der Waals surface area contributed by atoms with Crippen molar-refractivity contribution in [1.82, 2.24) is 20.4 Å². The van der Waals surface area contributed by atoms with Gasteiger partial charge in [-0.2, -0.15) is 5.10 Å². The van der Waals surface area contributed by atoms with Crippen LogP contribution < -0.4 is 10.6 Å². The molecule has 138 valence electrons. The summed E-state index contributed by atoms with van der Waals surface area (Å²) < 4.78 is 7.97. The Labute approximate surface area is 150 Å². The van der Waals surface area contributed by atoms with Crippen LogP contribution in [0.5, 0.6) is 0 Å². The average molecular weight is 345 g/mol. The molecule has 2 aliphatic carbocycles. The number of aromatic nitrogens is 2. The van der Waals surface area contributed by atoms with Gasteiger partial charge in [0.05, 0.1) is 18.3 Å². The van der Waals surface area contributed by atoms with Crippen molar-refractivity contribution in [2.75, 3.05) is 13.2 Å². The van der Waals surface area contributed by atoms with Gasteiger partial charge in [-0.05, 0) is 40.0 Å². The van der Waals surface area contributed by atoms with E-state index >= 15 is 0 Å². The van der Waals surface area contributed by atoms with Crippen LogP contribution in [-0.4, -0.2) is 41.0 Å². The molecule has 1 saturated heterocycles. The van der Waals surface area contributed by atoms with E-state index in [2.05, 4.69) is 36.5 Å². The number of fused-ring (bicyclic) bond motifs is 2. The summed E-state index contributed by atoms with van der Waals surface area (Å²) in [6.45, 7) is 8.78. The largest absolute Gasteiger partial charge is 0.377 e. The lowest BCUT2D eigenvalue weighted by Gasteiger charge is -2.63. The van der Waals surface area contributed by atoms with Crippen LogP contribution in [0.2, 0.25) is 0 Å². The number of guanidine groups is 1. The minimum atomic E-state index is 0.373. The number of nitrogens with zero attached hydrogens (tertiary/aromatic N) is 3. The molecule has 2 N–H and O–H groups in total. The van der Waals surface area contributed by atoms with Crippen LogP contribution >= 0.6 is 0 Å². The normalized spacial score (nSPS) is 29.9. The molecular formula is C19H31N5O. The fraction of sp³-hybridized carbons (Fsp3) is 0.789. The van der Waals surface area contributed by atoms with Crippen LogP contribution in [0.15, 0.2) is 4.99 Å². The van der Waals surface area contributed by atoms with Gasteiger partial charge in [0.15, 0.2) is 5.96 Å². The third-order valence-corrected chi connectivity index (χ3v) is 6.73. The minimum Gasteiger partial charge on any atom is -0.377 e. The van der Waals surface area contributed by atoms with E-state index in [0.717, 1.165) is 24.8 Å². The van der Waals surface area contributed by atoms with Crippen molar-refractivity contribution in [2.24, 2.45) is 23.4 Å². The van der Waals surface area contributed by atoms with E-state index in [0.29, 0.717) is 30.0 Å². The lowest BCUT2D eigenvalue weighted by atomic mass is 9.46. The van der Waals surface area contributed by atoms with Gasteiger partial charge >= 0.3 is 0 Å². The van der Waals surface area contributed by atoms with Crippen molar-refractivity contribution in [3.63, 3.8) is 0 Å². The predicted molar refractivity (Wildman–Crippen MR) is 98.6 cm³/mol. The zero-order valence-electron chi connectivity index (χ0n) is 15.9. The Bertz CT molecular complexity index is 676. The molecule has 3 atom stereocenters. The van der Waals surface area contributed by atoms with Crippen LogP contribution in [0.3, 0.4) is 0 Å². The van der Waals surface area contributed by atoms with E-state index in [1.807, 2.05) is 11.7 Å². The SMILES string of the molecule is CCNC(=NCc1c(C)nn(C)c1C)NC1C2CCOC2C12CCC2. The highest BCUT2D eigenvalue weighted by atomic mass is 16.5. The third-order valence-electron chi connectivity index (χ3n) is 6.73. The first kappa shape index (κ1) is 16.9. The summed E-state index contributed by atoms with van der Waals surface area (Å²) in [5.41, 5.74) is 3.87. The molecule has 1 aliphatic heterocycles. The van der Waals surface area contributed by atoms with Gasteiger partial charge in [0.25, 0.3) is 0 Å². The van der Waals surface area contributed by atoms with Gasteiger partial charge in [0.1, 0.15) is 0 Å². The fourth-order valence-electron chi connectivity index (χ4n) is 5.13. The summed E-state index contributed by atoms with van der Waals surface area (Å²) in [6.07, 6.45) is 5.61. The van der Waals surface area contributed by atoms with E-state index in [9.17, 15) is 0 Å². The topological polar surface area (TPSA) is 63.5 Å². The minimum absolute atomic E-state index is 0.373. The predicted octanol–water partition coefficient (Wildman–Crippen LogP) is 2.05. The second-order valence-electron chi connectivity index (χ2n) is 7.92. The monoisotopic (exact) mass is 345 g/mol. The average Bonchev–Trinajstić information content (AvgIpc) is 3.05. The van der Waals surface area contributed by atoms with Crippen molar-refractivity contribution in [3.05, 3.63) is 17.0 Å². The van der Waals surface area contributed by atoms with Gasteiger partial charge in [-0.25, -0.2) is 4.99 Å². The van der Waals surface area contributed by atoms with Crippen LogP contribution in [0.4, 0.5) is 0 Å². The molecule has 1 aromatic heterocycles. The maximum Gasteiger partial charge on any atom is 0.191 e. The lowest BCUT2D eigenvalue weighted by Crippen LogP contribution is -2.72. The second kappa shape index (κ2) is 6.31. The van der Waals surface area contributed by atoms with E-state index in [1.165, 1.54) is 36.9 Å². The van der Waals surface area contributed by atoms with E-state index in [4.69, 9.17) is 9.73 Å². The molecule has 1 aromatic rings. The van der Waals surface area contributed by atoms with Gasteiger partial charge in [-0.15, -0.1) is 0 Å². The van der Waals surface area contributed by atoms with Gasteiger partial charge in [-0.1, -0.05) is 6.42 Å². The highest BCUT2D eigenvalue weighted by Crippen LogP contribution is 2.62. The Hall–Kier alpha value is -1.56. The van der Waals surface area contributed by atoms with Crippen molar-refractivity contribution in [2.45, 2.75) is 65.1 Å². The summed E-state index contributed by atoms with van der Waals surface area (Å²) in [5.74, 6) is 1.60. The molecule has 2 heterocycles. The molecular weight excluding hydrogens is 314 g/mol. The highest BCUT2D eigenvalue weighted by Gasteiger charge is 2.66. The number of rotatable bonds is 4. The maximum atomic E-state index is 6.03. The smallest absolute Gasteiger partial charge is 0.191 e. The number of nitrogens with one attached hydrogen (secondary N) is 2. The van der Waals surface area contributed by atoms with Gasteiger partial charge in [0.2, 0.25) is 0 Å². The van der Waals surface area contributed by atoms with Crippen LogP contribution in [0.25, 0.3) is 0 Å². The number of aliphatic imine (C=N–C) groups is 1. The summed E-state index contributed by atoms with van der Waals surface area (Å²) in [7, 11) is 1.99. The van der Waals surface area contributed by atoms with E-state index in [-0.39, 0.29) is 0 Å². The quantitative estimate of drug-likeness (QED) is 0.648. The van der Waals surface area contributed by atoms with Crippen LogP contribution in [0, 0.1) is 25.2 Å². The number of aryl methyl sites for hydroxylation is 2. The molecule has 2 saturated carbocycles. The summed E-state index contributed by atoms with van der Waals surface area (Å²) in [4.78, 5) is 4.88. The molecule has 3 unspecified atom stereocenters. The third kappa shape index (κ3) is 2.57. The molecule has 0 amide bonds. The zero-order chi connectivity index (χ0) is 17.6. The maximum absolute atomic E-state index is 6.03. The molecule has 6 nitrogen and oxygen atoms in total. The first-order valence-corrected chi connectivity index (χ1v) is 9.72. The number of hydrogen-bond acceptors (Lipinski definition) is 3. The molecule has 25 heavy (non-hydrogen) atoms. The summed E-state index contributed by atoms with van der Waals surface area (Å²) in [6, 6.07) is 0.516. The zero-order valence-corrected chi connectivity index (χ0v) is 15.9. The molecule has 1 spiro atoms. The van der Waals surface area contributed by atoms with Gasteiger partial charge < -0.3 is 15.4 Å². The Morgan fingerprint density at radius 2 is 2.20 bits per heavy atom. The van der Waals surface area contributed by atoms with E-state index in [1.54, 1.807) is 0 Å². The van der Waals surface area contributed by atoms with Crippen molar-refractivity contribution in [1.29, 1.82) is 0 Å². The Morgan fingerprint density at radius 1 is 1.40 bits per heavy atom. The van der Waals surface area contributed by atoms with Crippen molar-refractivity contribution < 1.29 is 4.74 Å². The van der Waals surface area contributed by atoms with Gasteiger partial charge in [0, 0.05) is 48.8 Å². The van der Waals surface area contributed by atoms with Crippen molar-refractivity contribution >= 4 is 5.96 Å². The summed E-state index contributed by atoms with van der Waals surface area (Å²) >= 11 is 0. The number of hydrogen-bond donors (Lipinski definition) is 2. The van der Waals surface area contributed by atoms with Gasteiger partial charge in [-0.3, -0.25) is 4.68 Å².